The van der Waals surface area contributed by atoms with E-state index in [1.54, 1.807) is 38.4 Å². The van der Waals surface area contributed by atoms with Crippen molar-refractivity contribution in [3.05, 3.63) is 98.2 Å². The molecule has 14 nitrogen and oxygen atoms in total. The average Bonchev–Trinajstić information content (AvgIpc) is 3.35. The van der Waals surface area contributed by atoms with Gasteiger partial charge in [-0.1, -0.05) is 18.2 Å². The van der Waals surface area contributed by atoms with E-state index < -0.39 is 51.0 Å². The van der Waals surface area contributed by atoms with E-state index in [0.717, 1.165) is 38.9 Å². The predicted octanol–water partition coefficient (Wildman–Crippen LogP) is 3.11. The van der Waals surface area contributed by atoms with Crippen LogP contribution in [0.4, 0.5) is 25.1 Å². The van der Waals surface area contributed by atoms with Crippen molar-refractivity contribution in [3.8, 4) is 16.3 Å². The molecular formula is C29H28F2N8O6S2. The average molecular weight is 687 g/mol. The maximum absolute atomic E-state index is 14.9. The van der Waals surface area contributed by atoms with Crippen molar-refractivity contribution in [2.24, 2.45) is 0 Å². The molecular weight excluding hydrogens is 658 g/mol. The van der Waals surface area contributed by atoms with Gasteiger partial charge in [-0.15, -0.1) is 21.5 Å². The minimum atomic E-state index is -3.69. The number of hydrogen-bond donors (Lipinski definition) is 3. The first kappa shape index (κ1) is 33.3. The molecule has 0 atom stereocenters. The van der Waals surface area contributed by atoms with Crippen LogP contribution in [0.1, 0.15) is 11.1 Å². The highest BCUT2D eigenvalue weighted by atomic mass is 32.2. The van der Waals surface area contributed by atoms with Gasteiger partial charge in [-0.25, -0.2) is 36.8 Å². The third-order valence-electron chi connectivity index (χ3n) is 6.69. The molecule has 0 radical (unpaired) electrons. The number of nitrogens with one attached hydrogen (secondary N) is 3. The Kier molecular flexibility index (Phi) is 9.48. The summed E-state index contributed by atoms with van der Waals surface area (Å²) in [6.07, 6.45) is 0.921. The fraction of sp³-hybridized carbons (Fsp3) is 0.207. The second-order valence-electron chi connectivity index (χ2n) is 10.5. The van der Waals surface area contributed by atoms with Gasteiger partial charge in [0.2, 0.25) is 10.0 Å². The lowest BCUT2D eigenvalue weighted by Crippen LogP contribution is -2.40. The number of rotatable bonds is 10. The highest BCUT2D eigenvalue weighted by molar-refractivity contribution is 7.92. The number of sulfonamides is 1. The Labute approximate surface area is 270 Å². The Morgan fingerprint density at radius 1 is 1.00 bits per heavy atom. The first-order valence-electron chi connectivity index (χ1n) is 13.7. The molecule has 5 rings (SSSR count). The largest absolute Gasteiger partial charge is 0.343 e. The van der Waals surface area contributed by atoms with E-state index in [1.807, 2.05) is 4.90 Å². The number of aromatic nitrogens is 4. The van der Waals surface area contributed by atoms with Crippen LogP contribution in [-0.2, 0) is 28.0 Å². The van der Waals surface area contributed by atoms with Crippen LogP contribution in [0.3, 0.4) is 0 Å². The van der Waals surface area contributed by atoms with Gasteiger partial charge < -0.3 is 10.2 Å². The number of benzene rings is 2. The molecule has 0 aliphatic rings. The number of amides is 2. The van der Waals surface area contributed by atoms with Crippen LogP contribution < -0.4 is 26.8 Å². The van der Waals surface area contributed by atoms with Crippen molar-refractivity contribution in [3.63, 3.8) is 0 Å². The quantitative estimate of drug-likeness (QED) is 0.187. The zero-order chi connectivity index (χ0) is 34.0. The number of hydrogen-bond acceptors (Lipinski definition) is 10. The Morgan fingerprint density at radius 2 is 1.68 bits per heavy atom. The lowest BCUT2D eigenvalue weighted by molar-refractivity contribution is 0.114. The molecule has 18 heteroatoms. The van der Waals surface area contributed by atoms with E-state index in [4.69, 9.17) is 0 Å². The molecule has 2 amide bonds. The van der Waals surface area contributed by atoms with Gasteiger partial charge in [0.15, 0.2) is 11.6 Å². The van der Waals surface area contributed by atoms with Gasteiger partial charge in [0.1, 0.15) is 16.5 Å². The van der Waals surface area contributed by atoms with Crippen molar-refractivity contribution >= 4 is 49.1 Å². The SMILES string of the molecule is CONC(=O)Nc1ccc(-c2sc3c(c2CN(C)C)c(=O)n(-c2ccc(NS(C)(=O)=O)nn2)c(=O)n3Cc2c(F)cccc2F)cc1. The molecule has 47 heavy (non-hydrogen) atoms. The molecule has 5 aromatic rings. The Bertz CT molecular complexity index is 2180. The summed E-state index contributed by atoms with van der Waals surface area (Å²) in [6, 6.07) is 11.9. The standard InChI is InChI=1S/C29H28F2N8O6S2/c1-37(2)14-19-24-26(40)39(23-13-12-22(33-34-23)36-47(4,43)44)29(42)38(15-18-20(30)6-5-7-21(18)31)27(24)46-25(19)16-8-10-17(11-9-16)32-28(41)35-45-3/h5-13H,14-15H2,1-4H3,(H,33,36)(H2,32,35,41). The van der Waals surface area contributed by atoms with Crippen molar-refractivity contribution < 1.29 is 26.8 Å². The van der Waals surface area contributed by atoms with Gasteiger partial charge in [0.25, 0.3) is 5.56 Å². The smallest absolute Gasteiger partial charge is 0.306 e. The molecule has 0 aliphatic carbocycles. The fourth-order valence-electron chi connectivity index (χ4n) is 4.80. The fourth-order valence-corrected chi connectivity index (χ4v) is 6.59. The van der Waals surface area contributed by atoms with Gasteiger partial charge >= 0.3 is 11.7 Å². The van der Waals surface area contributed by atoms with Crippen molar-refractivity contribution in [2.75, 3.05) is 37.5 Å². The van der Waals surface area contributed by atoms with Gasteiger partial charge in [-0.05, 0) is 61.6 Å². The highest BCUT2D eigenvalue weighted by Crippen LogP contribution is 2.38. The second-order valence-corrected chi connectivity index (χ2v) is 13.3. The maximum atomic E-state index is 14.9. The number of carbonyl (C=O) groups is 1. The summed E-state index contributed by atoms with van der Waals surface area (Å²) < 4.78 is 57.1. The molecule has 0 saturated carbocycles. The number of hydroxylamine groups is 1. The minimum Gasteiger partial charge on any atom is -0.306 e. The Balaban J connectivity index is 1.77. The predicted molar refractivity (Wildman–Crippen MR) is 173 cm³/mol. The minimum absolute atomic E-state index is 0.108. The molecule has 0 saturated heterocycles. The lowest BCUT2D eigenvalue weighted by atomic mass is 10.1. The van der Waals surface area contributed by atoms with Gasteiger partial charge in [-0.2, -0.15) is 0 Å². The molecule has 246 valence electrons. The highest BCUT2D eigenvalue weighted by Gasteiger charge is 2.26. The zero-order valence-electron chi connectivity index (χ0n) is 25.4. The van der Waals surface area contributed by atoms with E-state index in [-0.39, 0.29) is 28.4 Å². The summed E-state index contributed by atoms with van der Waals surface area (Å²) in [5.74, 6) is -2.16. The lowest BCUT2D eigenvalue weighted by Gasteiger charge is -2.14. The molecule has 0 aliphatic heterocycles. The van der Waals surface area contributed by atoms with Crippen LogP contribution in [-0.4, -0.2) is 66.1 Å². The molecule has 0 unspecified atom stereocenters. The summed E-state index contributed by atoms with van der Waals surface area (Å²) in [5.41, 5.74) is 1.65. The van der Waals surface area contributed by atoms with E-state index in [1.165, 1.54) is 25.3 Å². The van der Waals surface area contributed by atoms with Crippen molar-refractivity contribution in [2.45, 2.75) is 13.1 Å². The van der Waals surface area contributed by atoms with Crippen LogP contribution in [0.15, 0.2) is 64.2 Å². The monoisotopic (exact) mass is 686 g/mol. The molecule has 0 fully saturated rings. The normalized spacial score (nSPS) is 11.6. The van der Waals surface area contributed by atoms with Gasteiger partial charge in [0, 0.05) is 22.7 Å². The summed E-state index contributed by atoms with van der Waals surface area (Å²) in [4.78, 5) is 47.4. The number of anilines is 2. The maximum Gasteiger partial charge on any atom is 0.343 e. The topological polar surface area (TPSA) is 170 Å². The number of carbonyl (C=O) groups excluding carboxylic acids is 1. The van der Waals surface area contributed by atoms with E-state index in [0.29, 0.717) is 21.7 Å². The molecule has 3 aromatic heterocycles. The summed E-state index contributed by atoms with van der Waals surface area (Å²) in [7, 11) is 1.18. The van der Waals surface area contributed by atoms with Gasteiger partial charge in [-0.3, -0.25) is 18.9 Å². The number of halogens is 2. The third-order valence-corrected chi connectivity index (χ3v) is 8.58. The molecule has 2 aromatic carbocycles. The number of fused-ring (bicyclic) bond motifs is 1. The van der Waals surface area contributed by atoms with Gasteiger partial charge in [0.05, 0.1) is 25.3 Å². The summed E-state index contributed by atoms with van der Waals surface area (Å²) in [5, 5.41) is 10.4. The molecule has 3 N–H and O–H groups in total. The first-order chi connectivity index (χ1) is 22.3. The number of thiophene rings is 1. The van der Waals surface area contributed by atoms with E-state index >= 15 is 0 Å². The molecule has 3 heterocycles. The van der Waals surface area contributed by atoms with Crippen LogP contribution in [0.25, 0.3) is 26.5 Å². The van der Waals surface area contributed by atoms with Crippen LogP contribution in [0, 0.1) is 11.6 Å². The Hall–Kier alpha value is -5.04. The van der Waals surface area contributed by atoms with Crippen LogP contribution in [0.2, 0.25) is 0 Å². The second kappa shape index (κ2) is 13.4. The van der Waals surface area contributed by atoms with Crippen LogP contribution in [0.5, 0.6) is 0 Å². The summed E-state index contributed by atoms with van der Waals surface area (Å²) in [6.45, 7) is -0.329. The van der Waals surface area contributed by atoms with Crippen molar-refractivity contribution in [1.29, 1.82) is 0 Å². The summed E-state index contributed by atoms with van der Waals surface area (Å²) >= 11 is 1.09. The van der Waals surface area contributed by atoms with Crippen LogP contribution >= 0.6 is 11.3 Å². The zero-order valence-corrected chi connectivity index (χ0v) is 27.0. The Morgan fingerprint density at radius 3 is 2.26 bits per heavy atom. The number of urea groups is 1. The first-order valence-corrected chi connectivity index (χ1v) is 16.4. The van der Waals surface area contributed by atoms with E-state index in [2.05, 4.69) is 30.6 Å². The van der Waals surface area contributed by atoms with Crippen molar-refractivity contribution in [1.82, 2.24) is 29.7 Å². The third kappa shape index (κ3) is 7.19. The molecule has 0 spiro atoms. The number of nitrogens with zero attached hydrogens (tertiary/aromatic N) is 5. The van der Waals surface area contributed by atoms with E-state index in [9.17, 15) is 31.6 Å². The molecule has 0 bridgehead atoms.